The number of hydrogen-bond acceptors (Lipinski definition) is 3. The van der Waals surface area contributed by atoms with Gasteiger partial charge in [-0.3, -0.25) is 4.79 Å². The van der Waals surface area contributed by atoms with Crippen LogP contribution < -0.4 is 15.8 Å². The van der Waals surface area contributed by atoms with Gasteiger partial charge in [0.15, 0.2) is 0 Å². The Bertz CT molecular complexity index is 548. The van der Waals surface area contributed by atoms with Crippen molar-refractivity contribution in [1.82, 2.24) is 5.32 Å². The van der Waals surface area contributed by atoms with Gasteiger partial charge in [0.25, 0.3) is 0 Å². The number of carbonyl (C=O) groups is 1. The lowest BCUT2D eigenvalue weighted by Gasteiger charge is -2.27. The first-order chi connectivity index (χ1) is 10.6. The molecule has 4 nitrogen and oxygen atoms in total. The molecule has 23 heavy (non-hydrogen) atoms. The molecule has 5 heteroatoms. The smallest absolute Gasteiger partial charge is 0.225 e. The maximum absolute atomic E-state index is 12.5. The zero-order valence-electron chi connectivity index (χ0n) is 13.8. The van der Waals surface area contributed by atoms with Gasteiger partial charge in [0.2, 0.25) is 5.91 Å². The molecule has 0 aliphatic heterocycles. The van der Waals surface area contributed by atoms with Gasteiger partial charge in [0.05, 0.1) is 12.0 Å². The summed E-state index contributed by atoms with van der Waals surface area (Å²) in [5.41, 5.74) is 7.26. The maximum Gasteiger partial charge on any atom is 0.225 e. The van der Waals surface area contributed by atoms with Crippen LogP contribution in [-0.4, -0.2) is 18.1 Å². The van der Waals surface area contributed by atoms with E-state index in [2.05, 4.69) is 5.32 Å². The first-order valence-corrected chi connectivity index (χ1v) is 8.34. The summed E-state index contributed by atoms with van der Waals surface area (Å²) >= 11 is 0. The van der Waals surface area contributed by atoms with Gasteiger partial charge in [0.1, 0.15) is 5.75 Å². The van der Waals surface area contributed by atoms with E-state index in [1.54, 1.807) is 0 Å². The Kier molecular flexibility index (Phi) is 5.93. The number of amides is 1. The Balaban J connectivity index is 0.00000192. The van der Waals surface area contributed by atoms with E-state index in [0.717, 1.165) is 24.2 Å². The molecule has 0 radical (unpaired) electrons. The van der Waals surface area contributed by atoms with Crippen molar-refractivity contribution in [1.29, 1.82) is 0 Å². The van der Waals surface area contributed by atoms with Gasteiger partial charge in [-0.05, 0) is 51.0 Å². The van der Waals surface area contributed by atoms with Crippen LogP contribution in [0.5, 0.6) is 5.75 Å². The van der Waals surface area contributed by atoms with Gasteiger partial charge in [0, 0.05) is 18.2 Å². The van der Waals surface area contributed by atoms with Crippen LogP contribution >= 0.6 is 12.4 Å². The predicted molar refractivity (Wildman–Crippen MR) is 93.6 cm³/mol. The minimum atomic E-state index is -0.00284. The Labute approximate surface area is 144 Å². The molecule has 1 amide bonds. The molecule has 3 N–H and O–H groups in total. The summed E-state index contributed by atoms with van der Waals surface area (Å²) < 4.78 is 5.80. The Morgan fingerprint density at radius 3 is 2.65 bits per heavy atom. The largest absolute Gasteiger partial charge is 0.491 e. The number of nitrogens with one attached hydrogen (secondary N) is 1. The molecule has 2 saturated carbocycles. The average molecular weight is 339 g/mol. The van der Waals surface area contributed by atoms with E-state index in [9.17, 15) is 4.79 Å². The number of fused-ring (bicyclic) bond motifs is 2. The van der Waals surface area contributed by atoms with Gasteiger partial charge < -0.3 is 15.8 Å². The van der Waals surface area contributed by atoms with Crippen LogP contribution in [-0.2, 0) is 11.3 Å². The minimum Gasteiger partial charge on any atom is -0.491 e. The third kappa shape index (κ3) is 3.81. The lowest BCUT2D eigenvalue weighted by Crippen LogP contribution is -2.45. The molecule has 2 aliphatic carbocycles. The predicted octanol–water partition coefficient (Wildman–Crippen LogP) is 2.89. The van der Waals surface area contributed by atoms with Crippen LogP contribution in [0.25, 0.3) is 0 Å². The third-order valence-electron chi connectivity index (χ3n) is 5.07. The van der Waals surface area contributed by atoms with Crippen molar-refractivity contribution >= 4 is 18.3 Å². The zero-order chi connectivity index (χ0) is 15.7. The zero-order valence-corrected chi connectivity index (χ0v) is 14.6. The second-order valence-electron chi connectivity index (χ2n) is 6.93. The van der Waals surface area contributed by atoms with Crippen LogP contribution in [0.15, 0.2) is 24.3 Å². The lowest BCUT2D eigenvalue weighted by molar-refractivity contribution is -0.127. The first kappa shape index (κ1) is 18.1. The fourth-order valence-electron chi connectivity index (χ4n) is 4.04. The quantitative estimate of drug-likeness (QED) is 0.867. The fraction of sp³-hybridized carbons (Fsp3) is 0.611. The summed E-state index contributed by atoms with van der Waals surface area (Å²) in [6.07, 6.45) is 3.60. The molecule has 2 fully saturated rings. The van der Waals surface area contributed by atoms with Crippen LogP contribution in [0, 0.1) is 17.8 Å². The second-order valence-corrected chi connectivity index (χ2v) is 6.93. The average Bonchev–Trinajstić information content (AvgIpc) is 3.06. The maximum atomic E-state index is 12.5. The van der Waals surface area contributed by atoms with E-state index in [-0.39, 0.29) is 36.4 Å². The third-order valence-corrected chi connectivity index (χ3v) is 5.07. The van der Waals surface area contributed by atoms with Crippen molar-refractivity contribution < 1.29 is 9.53 Å². The highest BCUT2D eigenvalue weighted by molar-refractivity contribution is 5.85. The molecule has 0 aromatic heterocycles. The molecule has 2 bridgehead atoms. The highest BCUT2D eigenvalue weighted by Gasteiger charge is 2.48. The van der Waals surface area contributed by atoms with Gasteiger partial charge >= 0.3 is 0 Å². The van der Waals surface area contributed by atoms with Gasteiger partial charge in [-0.1, -0.05) is 18.2 Å². The summed E-state index contributed by atoms with van der Waals surface area (Å²) in [5, 5.41) is 3.07. The monoisotopic (exact) mass is 338 g/mol. The summed E-state index contributed by atoms with van der Waals surface area (Å²) in [7, 11) is 0. The first-order valence-electron chi connectivity index (χ1n) is 8.34. The van der Waals surface area contributed by atoms with Crippen molar-refractivity contribution in [2.75, 3.05) is 0 Å². The summed E-state index contributed by atoms with van der Waals surface area (Å²) in [6.45, 7) is 4.51. The standard InChI is InChI=1S/C18H26N2O2.ClH/c1-11(2)22-15-6-4-3-5-14(15)10-20-18(21)16-12-7-8-13(9-12)17(16)19;/h3-6,11-13,16-17H,7-10,19H2,1-2H3,(H,20,21);1H. The van der Waals surface area contributed by atoms with Crippen LogP contribution in [0.4, 0.5) is 0 Å². The molecule has 1 aromatic rings. The van der Waals surface area contributed by atoms with Crippen molar-refractivity contribution in [3.8, 4) is 5.75 Å². The lowest BCUT2D eigenvalue weighted by atomic mass is 9.84. The summed E-state index contributed by atoms with van der Waals surface area (Å²) in [6, 6.07) is 7.91. The van der Waals surface area contributed by atoms with Crippen molar-refractivity contribution in [3.63, 3.8) is 0 Å². The van der Waals surface area contributed by atoms with Crippen molar-refractivity contribution in [2.45, 2.75) is 51.8 Å². The minimum absolute atomic E-state index is 0. The van der Waals surface area contributed by atoms with Crippen molar-refractivity contribution in [2.24, 2.45) is 23.5 Å². The molecule has 3 rings (SSSR count). The molecule has 128 valence electrons. The number of ether oxygens (including phenoxy) is 1. The number of para-hydroxylation sites is 1. The number of benzene rings is 1. The van der Waals surface area contributed by atoms with E-state index < -0.39 is 0 Å². The van der Waals surface area contributed by atoms with Gasteiger partial charge in [-0.25, -0.2) is 0 Å². The molecule has 0 heterocycles. The van der Waals surface area contributed by atoms with E-state index in [1.165, 1.54) is 6.42 Å². The van der Waals surface area contributed by atoms with Gasteiger partial charge in [-0.2, -0.15) is 0 Å². The van der Waals surface area contributed by atoms with E-state index in [0.29, 0.717) is 18.4 Å². The van der Waals surface area contributed by atoms with Gasteiger partial charge in [-0.15, -0.1) is 12.4 Å². The normalized spacial score (nSPS) is 28.5. The Morgan fingerprint density at radius 2 is 2.00 bits per heavy atom. The second kappa shape index (κ2) is 7.54. The van der Waals surface area contributed by atoms with Crippen molar-refractivity contribution in [3.05, 3.63) is 29.8 Å². The molecule has 4 atom stereocenters. The highest BCUT2D eigenvalue weighted by Crippen LogP contribution is 2.47. The molecule has 4 unspecified atom stereocenters. The number of rotatable bonds is 5. The molecule has 1 aromatic carbocycles. The Morgan fingerprint density at radius 1 is 1.30 bits per heavy atom. The number of carbonyl (C=O) groups excluding carboxylic acids is 1. The van der Waals surface area contributed by atoms with Crippen LogP contribution in [0.3, 0.4) is 0 Å². The molecule has 2 aliphatic rings. The SMILES string of the molecule is CC(C)Oc1ccccc1CNC(=O)C1C2CCC(C2)C1N.Cl. The molecular weight excluding hydrogens is 312 g/mol. The number of nitrogens with two attached hydrogens (primary N) is 1. The highest BCUT2D eigenvalue weighted by atomic mass is 35.5. The van der Waals surface area contributed by atoms with E-state index >= 15 is 0 Å². The van der Waals surface area contributed by atoms with Crippen LogP contribution in [0.1, 0.15) is 38.7 Å². The topological polar surface area (TPSA) is 64.3 Å². The molecular formula is C18H27ClN2O2. The van der Waals surface area contributed by atoms with E-state index in [1.807, 2.05) is 38.1 Å². The summed E-state index contributed by atoms with van der Waals surface area (Å²) in [4.78, 5) is 12.5. The van der Waals surface area contributed by atoms with E-state index in [4.69, 9.17) is 10.5 Å². The molecule has 0 spiro atoms. The van der Waals surface area contributed by atoms with Crippen LogP contribution in [0.2, 0.25) is 0 Å². The number of halogens is 1. The summed E-state index contributed by atoms with van der Waals surface area (Å²) in [5.74, 6) is 1.99. The Hall–Kier alpha value is -1.26. The fourth-order valence-corrected chi connectivity index (χ4v) is 4.04. The number of hydrogen-bond donors (Lipinski definition) is 2. The molecule has 0 saturated heterocycles.